The van der Waals surface area contributed by atoms with Crippen LogP contribution in [0.4, 0.5) is 0 Å². The van der Waals surface area contributed by atoms with Gasteiger partial charge in [0.25, 0.3) is 0 Å². The zero-order valence-corrected chi connectivity index (χ0v) is 10.8. The fourth-order valence-corrected chi connectivity index (χ4v) is 3.13. The van der Waals surface area contributed by atoms with Gasteiger partial charge in [0, 0.05) is 19.6 Å². The Morgan fingerprint density at radius 1 is 1.35 bits per heavy atom. The zero-order valence-electron chi connectivity index (χ0n) is 10.8. The van der Waals surface area contributed by atoms with Crippen molar-refractivity contribution in [1.82, 2.24) is 10.2 Å². The summed E-state index contributed by atoms with van der Waals surface area (Å²) in [6.07, 6.45) is 10.9. The Balaban J connectivity index is 1.98. The summed E-state index contributed by atoms with van der Waals surface area (Å²) in [6.45, 7) is 5.83. The van der Waals surface area contributed by atoms with Crippen molar-refractivity contribution in [2.75, 3.05) is 26.2 Å². The van der Waals surface area contributed by atoms with E-state index in [0.29, 0.717) is 6.54 Å². The van der Waals surface area contributed by atoms with Crippen LogP contribution in [0.2, 0.25) is 0 Å². The van der Waals surface area contributed by atoms with Crippen LogP contribution in [0.1, 0.15) is 32.6 Å². The molecule has 0 radical (unpaired) electrons. The number of nitrogens with one attached hydrogen (secondary N) is 1. The van der Waals surface area contributed by atoms with Crippen molar-refractivity contribution in [3.63, 3.8) is 0 Å². The highest BCUT2D eigenvalue weighted by Gasteiger charge is 2.35. The van der Waals surface area contributed by atoms with Crippen LogP contribution in [0, 0.1) is 24.2 Å². The molecule has 3 heteroatoms. The number of terminal acetylenes is 1. The summed E-state index contributed by atoms with van der Waals surface area (Å²) < 4.78 is 0. The minimum absolute atomic E-state index is 0.480. The molecule has 0 bridgehead atoms. The van der Waals surface area contributed by atoms with E-state index in [-0.39, 0.29) is 0 Å². The van der Waals surface area contributed by atoms with Crippen LogP contribution in [0.25, 0.3) is 0 Å². The van der Waals surface area contributed by atoms with Crippen molar-refractivity contribution in [1.29, 1.82) is 0 Å². The smallest absolute Gasteiger partial charge is 0.194 e. The van der Waals surface area contributed by atoms with Gasteiger partial charge in [-0.05, 0) is 31.6 Å². The van der Waals surface area contributed by atoms with E-state index in [0.717, 1.165) is 24.3 Å². The molecule has 1 N–H and O–H groups in total. The first-order valence-corrected chi connectivity index (χ1v) is 6.82. The lowest BCUT2D eigenvalue weighted by Crippen LogP contribution is -2.40. The number of guanidine groups is 1. The Bertz CT molecular complexity index is 302. The van der Waals surface area contributed by atoms with E-state index < -0.39 is 0 Å². The molecule has 3 nitrogen and oxygen atoms in total. The Morgan fingerprint density at radius 2 is 2.00 bits per heavy atom. The molecule has 2 fully saturated rings. The van der Waals surface area contributed by atoms with Crippen LogP contribution < -0.4 is 5.32 Å². The highest BCUT2D eigenvalue weighted by Crippen LogP contribution is 2.35. The maximum Gasteiger partial charge on any atom is 0.194 e. The Hall–Kier alpha value is -1.17. The standard InChI is InChI=1S/C14H23N3/c1-3-9-16-14(15-4-2)17-10-12-7-5-6-8-13(12)11-17/h1,12-13H,4-11H2,2H3,(H,15,16). The van der Waals surface area contributed by atoms with Gasteiger partial charge in [0.05, 0.1) is 0 Å². The topological polar surface area (TPSA) is 27.6 Å². The molecular weight excluding hydrogens is 210 g/mol. The number of rotatable bonds is 2. The average Bonchev–Trinajstić information content (AvgIpc) is 2.78. The summed E-state index contributed by atoms with van der Waals surface area (Å²) in [6, 6.07) is 0. The van der Waals surface area contributed by atoms with Crippen molar-refractivity contribution in [3.8, 4) is 12.3 Å². The lowest BCUT2D eigenvalue weighted by atomic mass is 9.82. The minimum Gasteiger partial charge on any atom is -0.356 e. The maximum atomic E-state index is 5.29. The van der Waals surface area contributed by atoms with Crippen LogP contribution in [0.5, 0.6) is 0 Å². The number of aliphatic imine (C=N–C) groups is 1. The molecule has 0 aromatic carbocycles. The van der Waals surface area contributed by atoms with Gasteiger partial charge >= 0.3 is 0 Å². The summed E-state index contributed by atoms with van der Waals surface area (Å²) in [5.74, 6) is 5.38. The third-order valence-corrected chi connectivity index (χ3v) is 3.93. The molecule has 2 atom stereocenters. The summed E-state index contributed by atoms with van der Waals surface area (Å²) in [7, 11) is 0. The van der Waals surface area contributed by atoms with Crippen LogP contribution in [0.3, 0.4) is 0 Å². The molecule has 2 aliphatic rings. The summed E-state index contributed by atoms with van der Waals surface area (Å²) >= 11 is 0. The number of fused-ring (bicyclic) bond motifs is 1. The summed E-state index contributed by atoms with van der Waals surface area (Å²) in [4.78, 5) is 6.87. The molecule has 0 aromatic rings. The van der Waals surface area contributed by atoms with E-state index in [1.165, 1.54) is 38.8 Å². The van der Waals surface area contributed by atoms with Crippen molar-refractivity contribution < 1.29 is 0 Å². The molecule has 17 heavy (non-hydrogen) atoms. The van der Waals surface area contributed by atoms with Gasteiger partial charge < -0.3 is 10.2 Å². The monoisotopic (exact) mass is 233 g/mol. The van der Waals surface area contributed by atoms with Gasteiger partial charge in [-0.1, -0.05) is 18.8 Å². The second-order valence-electron chi connectivity index (χ2n) is 5.08. The first kappa shape index (κ1) is 12.3. The van der Waals surface area contributed by atoms with Crippen molar-refractivity contribution in [2.24, 2.45) is 16.8 Å². The number of hydrogen-bond donors (Lipinski definition) is 1. The normalized spacial score (nSPS) is 28.7. The molecule has 0 aromatic heterocycles. The molecule has 1 heterocycles. The van der Waals surface area contributed by atoms with Gasteiger partial charge in [-0.2, -0.15) is 0 Å². The van der Waals surface area contributed by atoms with E-state index in [4.69, 9.17) is 6.42 Å². The molecule has 0 amide bonds. The van der Waals surface area contributed by atoms with Gasteiger partial charge in [-0.25, -0.2) is 4.99 Å². The summed E-state index contributed by atoms with van der Waals surface area (Å²) in [5, 5.41) is 3.35. The molecule has 2 unspecified atom stereocenters. The van der Waals surface area contributed by atoms with Gasteiger partial charge in [0.2, 0.25) is 0 Å². The van der Waals surface area contributed by atoms with Crippen LogP contribution >= 0.6 is 0 Å². The molecule has 1 aliphatic heterocycles. The second-order valence-corrected chi connectivity index (χ2v) is 5.08. The molecule has 1 saturated heterocycles. The Morgan fingerprint density at radius 3 is 2.53 bits per heavy atom. The molecule has 0 spiro atoms. The lowest BCUT2D eigenvalue weighted by Gasteiger charge is -2.22. The SMILES string of the molecule is C#CCN=C(NCC)N1CC2CCCCC2C1. The van der Waals surface area contributed by atoms with Crippen LogP contribution in [0.15, 0.2) is 4.99 Å². The maximum absolute atomic E-state index is 5.29. The van der Waals surface area contributed by atoms with Crippen LogP contribution in [-0.2, 0) is 0 Å². The molecule has 94 valence electrons. The van der Waals surface area contributed by atoms with Gasteiger partial charge in [0.1, 0.15) is 6.54 Å². The quantitative estimate of drug-likeness (QED) is 0.447. The summed E-state index contributed by atoms with van der Waals surface area (Å²) in [5.41, 5.74) is 0. The molecule has 1 aliphatic carbocycles. The largest absolute Gasteiger partial charge is 0.356 e. The van der Waals surface area contributed by atoms with Gasteiger partial charge in [-0.15, -0.1) is 6.42 Å². The van der Waals surface area contributed by atoms with Gasteiger partial charge in [0.15, 0.2) is 5.96 Å². The highest BCUT2D eigenvalue weighted by molar-refractivity contribution is 5.80. The van der Waals surface area contributed by atoms with Crippen molar-refractivity contribution >= 4 is 5.96 Å². The lowest BCUT2D eigenvalue weighted by molar-refractivity contribution is 0.299. The van der Waals surface area contributed by atoms with Gasteiger partial charge in [-0.3, -0.25) is 0 Å². The molecular formula is C14H23N3. The first-order chi connectivity index (χ1) is 8.35. The number of nitrogens with zero attached hydrogens (tertiary/aromatic N) is 2. The zero-order chi connectivity index (χ0) is 12.1. The third-order valence-electron chi connectivity index (χ3n) is 3.93. The molecule has 2 rings (SSSR count). The van der Waals surface area contributed by atoms with E-state index >= 15 is 0 Å². The predicted molar refractivity (Wildman–Crippen MR) is 71.8 cm³/mol. The Labute approximate surface area is 105 Å². The fraction of sp³-hybridized carbons (Fsp3) is 0.786. The fourth-order valence-electron chi connectivity index (χ4n) is 3.13. The van der Waals surface area contributed by atoms with E-state index in [1.54, 1.807) is 0 Å². The Kier molecular flexibility index (Phi) is 4.30. The number of likely N-dealkylation sites (tertiary alicyclic amines) is 1. The molecule has 1 saturated carbocycles. The van der Waals surface area contributed by atoms with E-state index in [9.17, 15) is 0 Å². The average molecular weight is 233 g/mol. The minimum atomic E-state index is 0.480. The van der Waals surface area contributed by atoms with E-state index in [1.807, 2.05) is 0 Å². The van der Waals surface area contributed by atoms with Crippen molar-refractivity contribution in [2.45, 2.75) is 32.6 Å². The highest BCUT2D eigenvalue weighted by atomic mass is 15.3. The number of hydrogen-bond acceptors (Lipinski definition) is 1. The van der Waals surface area contributed by atoms with E-state index in [2.05, 4.69) is 28.1 Å². The van der Waals surface area contributed by atoms with Crippen LogP contribution in [-0.4, -0.2) is 37.0 Å². The predicted octanol–water partition coefficient (Wildman–Crippen LogP) is 1.71. The first-order valence-electron chi connectivity index (χ1n) is 6.82. The van der Waals surface area contributed by atoms with Crippen molar-refractivity contribution in [3.05, 3.63) is 0 Å². The second kappa shape index (κ2) is 5.95. The third kappa shape index (κ3) is 2.94.